The predicted molar refractivity (Wildman–Crippen MR) is 105 cm³/mol. The number of ether oxygens (including phenoxy) is 2. The molecule has 2 aromatic heterocycles. The number of nitrogen functional groups attached to an aromatic ring is 1. The Labute approximate surface area is 187 Å². The van der Waals surface area contributed by atoms with E-state index < -0.39 is 60.2 Å². The largest absolute Gasteiger partial charge is 0.490 e. The Morgan fingerprint density at radius 3 is 2.32 bits per heavy atom. The van der Waals surface area contributed by atoms with Gasteiger partial charge in [0.1, 0.15) is 18.3 Å². The van der Waals surface area contributed by atoms with Crippen molar-refractivity contribution < 1.29 is 66.1 Å². The average molecular weight is 553 g/mol. The standard InChI is InChI=1S/C11H18N5O15P3/c1-27-11-13-4-7(14-10(12)15-8(4)19)16(11)9-6(18)5(17)3(29-9)2-28-33(23,24)31-34(25,26)30-32(20,21)22/h3,5-6,9,17-18H,2H2,1H3,(H,23,24)(H,25,26)(H2,20,21,22)(H3,12,14,15,19)/t3-,5-,6-,9-/m1/s1. The normalized spacial score (nSPS) is 26.9. The van der Waals surface area contributed by atoms with Gasteiger partial charge in [0, 0.05) is 0 Å². The lowest BCUT2D eigenvalue weighted by atomic mass is 10.1. The summed E-state index contributed by atoms with van der Waals surface area (Å²) in [4.78, 5) is 57.8. The van der Waals surface area contributed by atoms with Crippen molar-refractivity contribution in [2.24, 2.45) is 0 Å². The third-order valence-corrected chi connectivity index (χ3v) is 7.93. The van der Waals surface area contributed by atoms with Crippen LogP contribution in [0.4, 0.5) is 5.95 Å². The number of rotatable bonds is 9. The number of methoxy groups -OCH3 is 1. The molecule has 23 heteroatoms. The Bertz CT molecular complexity index is 1270. The number of imidazole rings is 1. The maximum Gasteiger partial charge on any atom is 0.490 e. The Balaban J connectivity index is 1.80. The summed E-state index contributed by atoms with van der Waals surface area (Å²) in [5.41, 5.74) is 4.30. The van der Waals surface area contributed by atoms with Crippen LogP contribution in [0.3, 0.4) is 0 Å². The van der Waals surface area contributed by atoms with Gasteiger partial charge in [-0.05, 0) is 0 Å². The zero-order valence-corrected chi connectivity index (χ0v) is 19.3. The topological polar surface area (TPSA) is 308 Å². The van der Waals surface area contributed by atoms with Gasteiger partial charge in [0.2, 0.25) is 5.95 Å². The SMILES string of the molecule is COc1nc2c(=O)[nH]c(N)nc2n1[C@@H]1O[C@H](COP(=O)(O)OP(=O)(O)OP(=O)(O)O)[C@@H](O)[C@H]1O. The van der Waals surface area contributed by atoms with Crippen molar-refractivity contribution in [1.82, 2.24) is 19.5 Å². The molecule has 1 aliphatic rings. The number of nitrogens with one attached hydrogen (secondary N) is 1. The summed E-state index contributed by atoms with van der Waals surface area (Å²) in [5.74, 6) is -0.321. The van der Waals surface area contributed by atoms with Crippen LogP contribution in [0.2, 0.25) is 0 Å². The highest BCUT2D eigenvalue weighted by Crippen LogP contribution is 2.66. The first kappa shape index (κ1) is 26.8. The number of hydrogen-bond donors (Lipinski definition) is 8. The van der Waals surface area contributed by atoms with Gasteiger partial charge in [-0.15, -0.1) is 0 Å². The molecule has 9 N–H and O–H groups in total. The number of nitrogens with two attached hydrogens (primary N) is 1. The van der Waals surface area contributed by atoms with Crippen LogP contribution < -0.4 is 16.0 Å². The van der Waals surface area contributed by atoms with Gasteiger partial charge in [-0.25, -0.2) is 18.3 Å². The minimum absolute atomic E-state index is 0.206. The molecule has 6 atom stereocenters. The van der Waals surface area contributed by atoms with E-state index in [4.69, 9.17) is 29.9 Å². The van der Waals surface area contributed by atoms with Crippen molar-refractivity contribution in [3.05, 3.63) is 10.4 Å². The lowest BCUT2D eigenvalue weighted by Gasteiger charge is -2.19. The summed E-state index contributed by atoms with van der Waals surface area (Å²) in [7, 11) is -15.7. The third-order valence-electron chi connectivity index (χ3n) is 4.13. The van der Waals surface area contributed by atoms with E-state index in [2.05, 4.69) is 28.1 Å². The van der Waals surface area contributed by atoms with Crippen molar-refractivity contribution in [2.45, 2.75) is 24.5 Å². The number of aliphatic hydroxyl groups is 2. The average Bonchev–Trinajstić information content (AvgIpc) is 3.15. The van der Waals surface area contributed by atoms with E-state index in [1.54, 1.807) is 0 Å². The van der Waals surface area contributed by atoms with Crippen molar-refractivity contribution in [1.29, 1.82) is 0 Å². The van der Waals surface area contributed by atoms with Gasteiger partial charge < -0.3 is 45.0 Å². The maximum atomic E-state index is 12.1. The summed E-state index contributed by atoms with van der Waals surface area (Å²) < 4.78 is 56.9. The minimum Gasteiger partial charge on any atom is -0.468 e. The van der Waals surface area contributed by atoms with Crippen LogP contribution in [0.5, 0.6) is 6.01 Å². The zero-order chi connectivity index (χ0) is 25.6. The van der Waals surface area contributed by atoms with Crippen molar-refractivity contribution in [2.75, 3.05) is 19.5 Å². The van der Waals surface area contributed by atoms with Gasteiger partial charge in [-0.1, -0.05) is 0 Å². The summed E-state index contributed by atoms with van der Waals surface area (Å²) in [5, 5.41) is 20.7. The summed E-state index contributed by atoms with van der Waals surface area (Å²) in [6.45, 7) is -1.05. The van der Waals surface area contributed by atoms with E-state index in [1.807, 2.05) is 0 Å². The summed E-state index contributed by atoms with van der Waals surface area (Å²) in [6.07, 6.45) is -6.72. The number of aromatic amines is 1. The zero-order valence-electron chi connectivity index (χ0n) is 16.6. The van der Waals surface area contributed by atoms with E-state index in [1.165, 1.54) is 7.11 Å². The van der Waals surface area contributed by atoms with E-state index in [9.17, 15) is 33.6 Å². The lowest BCUT2D eigenvalue weighted by Crippen LogP contribution is -2.33. The molecule has 34 heavy (non-hydrogen) atoms. The van der Waals surface area contributed by atoms with Crippen LogP contribution in [-0.2, 0) is 31.6 Å². The molecule has 0 saturated carbocycles. The molecular formula is C11H18N5O15P3. The number of anilines is 1. The predicted octanol–water partition coefficient (Wildman–Crippen LogP) is -2.33. The highest BCUT2D eigenvalue weighted by atomic mass is 31.3. The fraction of sp³-hybridized carbons (Fsp3) is 0.545. The van der Waals surface area contributed by atoms with Crippen LogP contribution in [0.15, 0.2) is 4.79 Å². The third kappa shape index (κ3) is 5.89. The molecule has 0 spiro atoms. The summed E-state index contributed by atoms with van der Waals surface area (Å²) in [6, 6.07) is -0.289. The second kappa shape index (κ2) is 9.36. The van der Waals surface area contributed by atoms with Crippen LogP contribution in [-0.4, -0.2) is 81.3 Å². The van der Waals surface area contributed by atoms with Gasteiger partial charge in [-0.3, -0.25) is 14.3 Å². The maximum absolute atomic E-state index is 12.1. The molecule has 20 nitrogen and oxygen atoms in total. The van der Waals surface area contributed by atoms with Gasteiger partial charge in [0.05, 0.1) is 13.7 Å². The monoisotopic (exact) mass is 553 g/mol. The quantitative estimate of drug-likeness (QED) is 0.151. The molecule has 2 unspecified atom stereocenters. The van der Waals surface area contributed by atoms with Gasteiger partial charge in [0.25, 0.3) is 5.56 Å². The molecular weight excluding hydrogens is 535 g/mol. The molecule has 3 heterocycles. The highest BCUT2D eigenvalue weighted by Gasteiger charge is 2.47. The Kier molecular flexibility index (Phi) is 7.39. The van der Waals surface area contributed by atoms with Crippen LogP contribution >= 0.6 is 23.5 Å². The number of hydrogen-bond acceptors (Lipinski definition) is 14. The van der Waals surface area contributed by atoms with E-state index >= 15 is 0 Å². The number of aliphatic hydroxyl groups excluding tert-OH is 2. The Morgan fingerprint density at radius 1 is 1.09 bits per heavy atom. The number of phosphoric acid groups is 3. The summed E-state index contributed by atoms with van der Waals surface area (Å²) >= 11 is 0. The van der Waals surface area contributed by atoms with E-state index in [0.717, 1.165) is 4.57 Å². The fourth-order valence-electron chi connectivity index (χ4n) is 2.91. The lowest BCUT2D eigenvalue weighted by molar-refractivity contribution is -0.0529. The molecule has 2 aromatic rings. The Hall–Kier alpha value is -1.76. The number of phosphoric ester groups is 1. The van der Waals surface area contributed by atoms with Gasteiger partial charge in [0.15, 0.2) is 17.4 Å². The number of aromatic nitrogens is 4. The molecule has 0 aromatic carbocycles. The van der Waals surface area contributed by atoms with Crippen molar-refractivity contribution >= 4 is 40.6 Å². The number of H-pyrrole nitrogens is 1. The second-order valence-corrected chi connectivity index (χ2v) is 10.9. The fourth-order valence-corrected chi connectivity index (χ4v) is 5.94. The van der Waals surface area contributed by atoms with Gasteiger partial charge in [-0.2, -0.15) is 18.6 Å². The number of fused-ring (bicyclic) bond motifs is 1. The Morgan fingerprint density at radius 2 is 1.74 bits per heavy atom. The number of nitrogens with zero attached hydrogens (tertiary/aromatic N) is 3. The molecule has 0 radical (unpaired) electrons. The first-order valence-corrected chi connectivity index (χ1v) is 13.2. The first-order chi connectivity index (χ1) is 15.5. The molecule has 3 rings (SSSR count). The molecule has 1 fully saturated rings. The molecule has 0 amide bonds. The first-order valence-electron chi connectivity index (χ1n) is 8.65. The van der Waals surface area contributed by atoms with Crippen LogP contribution in [0.1, 0.15) is 6.23 Å². The molecule has 1 aliphatic heterocycles. The van der Waals surface area contributed by atoms with Crippen LogP contribution in [0.25, 0.3) is 11.2 Å². The van der Waals surface area contributed by atoms with Crippen molar-refractivity contribution in [3.8, 4) is 6.01 Å². The molecule has 0 bridgehead atoms. The van der Waals surface area contributed by atoms with E-state index in [-0.39, 0.29) is 23.1 Å². The van der Waals surface area contributed by atoms with Crippen molar-refractivity contribution in [3.63, 3.8) is 0 Å². The minimum atomic E-state index is -5.76. The van der Waals surface area contributed by atoms with E-state index in [0.29, 0.717) is 0 Å². The smallest absolute Gasteiger partial charge is 0.468 e. The van der Waals surface area contributed by atoms with Gasteiger partial charge >= 0.3 is 29.5 Å². The molecule has 0 aliphatic carbocycles. The molecule has 1 saturated heterocycles. The van der Waals surface area contributed by atoms with Crippen LogP contribution in [0, 0.1) is 0 Å². The molecule has 192 valence electrons. The second-order valence-electron chi connectivity index (χ2n) is 6.52. The highest BCUT2D eigenvalue weighted by molar-refractivity contribution is 7.66.